The third-order valence-electron chi connectivity index (χ3n) is 1.40. The van der Waals surface area contributed by atoms with Gasteiger partial charge in [0.2, 0.25) is 5.76 Å². The smallest absolute Gasteiger partial charge is 0.422 e. The van der Waals surface area contributed by atoms with E-state index < -0.39 is 30.5 Å². The second-order valence-corrected chi connectivity index (χ2v) is 2.88. The maximum absolute atomic E-state index is 11.9. The molecule has 0 aromatic heterocycles. The fourth-order valence-corrected chi connectivity index (χ4v) is 0.812. The van der Waals surface area contributed by atoms with E-state index >= 15 is 0 Å². The Balaban J connectivity index is 4.72. The number of carbonyl (C=O) groups is 2. The number of carbonyl (C=O) groups excluding carboxylic acids is 2. The molecule has 104 valence electrons. The van der Waals surface area contributed by atoms with Gasteiger partial charge in [0.15, 0.2) is 6.61 Å². The molecule has 0 atom stereocenters. The Morgan fingerprint density at radius 2 is 1.61 bits per heavy atom. The van der Waals surface area contributed by atoms with E-state index in [-0.39, 0.29) is 13.2 Å². The van der Waals surface area contributed by atoms with Crippen LogP contribution in [0.5, 0.6) is 0 Å². The van der Waals surface area contributed by atoms with Gasteiger partial charge in [0.1, 0.15) is 0 Å². The summed E-state index contributed by atoms with van der Waals surface area (Å²) in [5.41, 5.74) is 0. The van der Waals surface area contributed by atoms with Crippen LogP contribution in [0, 0.1) is 0 Å². The second kappa shape index (κ2) is 7.57. The lowest BCUT2D eigenvalue weighted by molar-refractivity contribution is -0.171. The molecule has 0 aliphatic heterocycles. The Morgan fingerprint density at radius 1 is 1.06 bits per heavy atom. The van der Waals surface area contributed by atoms with Gasteiger partial charge in [-0.3, -0.25) is 0 Å². The van der Waals surface area contributed by atoms with Crippen LogP contribution in [-0.4, -0.2) is 37.9 Å². The maximum Gasteiger partial charge on any atom is 0.422 e. The van der Waals surface area contributed by atoms with E-state index in [9.17, 15) is 22.8 Å². The van der Waals surface area contributed by atoms with Crippen LogP contribution >= 0.6 is 0 Å². The fourth-order valence-electron chi connectivity index (χ4n) is 0.812. The summed E-state index contributed by atoms with van der Waals surface area (Å²) in [7, 11) is 0. The first kappa shape index (κ1) is 16.3. The Hall–Kier alpha value is -1.73. The van der Waals surface area contributed by atoms with Crippen molar-refractivity contribution in [3.8, 4) is 0 Å². The van der Waals surface area contributed by atoms with Crippen molar-refractivity contribution in [3.05, 3.63) is 11.8 Å². The molecule has 0 radical (unpaired) electrons. The van der Waals surface area contributed by atoms with Gasteiger partial charge in [0, 0.05) is 0 Å². The van der Waals surface area contributed by atoms with Crippen molar-refractivity contribution in [2.45, 2.75) is 20.0 Å². The van der Waals surface area contributed by atoms with Crippen LogP contribution in [0.25, 0.3) is 0 Å². The molecule has 0 aromatic carbocycles. The SMILES string of the molecule is CCOC(=O)/C=C(/OCC(F)(F)F)C(=O)OCC. The number of halogens is 3. The minimum absolute atomic E-state index is 0.0186. The zero-order valence-electron chi connectivity index (χ0n) is 9.87. The molecule has 0 N–H and O–H groups in total. The highest BCUT2D eigenvalue weighted by atomic mass is 19.4. The summed E-state index contributed by atoms with van der Waals surface area (Å²) in [5, 5.41) is 0. The lowest BCUT2D eigenvalue weighted by Gasteiger charge is -2.11. The first-order chi connectivity index (χ1) is 8.30. The van der Waals surface area contributed by atoms with E-state index in [0.29, 0.717) is 6.08 Å². The molecule has 0 heterocycles. The van der Waals surface area contributed by atoms with Gasteiger partial charge < -0.3 is 14.2 Å². The second-order valence-electron chi connectivity index (χ2n) is 2.88. The number of alkyl halides is 3. The molecule has 0 aromatic rings. The number of esters is 2. The number of rotatable bonds is 6. The van der Waals surface area contributed by atoms with Crippen molar-refractivity contribution in [3.63, 3.8) is 0 Å². The topological polar surface area (TPSA) is 61.8 Å². The average molecular weight is 270 g/mol. The first-order valence-electron chi connectivity index (χ1n) is 5.05. The molecular formula is C10H13F3O5. The van der Waals surface area contributed by atoms with Gasteiger partial charge >= 0.3 is 18.1 Å². The van der Waals surface area contributed by atoms with E-state index in [4.69, 9.17) is 0 Å². The molecule has 18 heavy (non-hydrogen) atoms. The molecule has 0 unspecified atom stereocenters. The minimum Gasteiger partial charge on any atom is -0.477 e. The van der Waals surface area contributed by atoms with Gasteiger partial charge in [-0.1, -0.05) is 0 Å². The zero-order valence-corrected chi connectivity index (χ0v) is 9.87. The monoisotopic (exact) mass is 270 g/mol. The molecule has 0 spiro atoms. The molecule has 0 aliphatic carbocycles. The number of hydrogen-bond donors (Lipinski definition) is 0. The Bertz CT molecular complexity index is 322. The molecule has 0 saturated heterocycles. The maximum atomic E-state index is 11.9. The van der Waals surface area contributed by atoms with Crippen LogP contribution in [0.15, 0.2) is 11.8 Å². The minimum atomic E-state index is -4.62. The number of ether oxygens (including phenoxy) is 3. The van der Waals surface area contributed by atoms with Crippen LogP contribution in [-0.2, 0) is 23.8 Å². The highest BCUT2D eigenvalue weighted by Gasteiger charge is 2.30. The molecule has 0 aliphatic rings. The molecular weight excluding hydrogens is 257 g/mol. The summed E-state index contributed by atoms with van der Waals surface area (Å²) in [6, 6.07) is 0. The summed E-state index contributed by atoms with van der Waals surface area (Å²) < 4.78 is 48.9. The van der Waals surface area contributed by atoms with E-state index in [1.807, 2.05) is 0 Å². The van der Waals surface area contributed by atoms with E-state index in [2.05, 4.69) is 14.2 Å². The summed E-state index contributed by atoms with van der Waals surface area (Å²) >= 11 is 0. The van der Waals surface area contributed by atoms with Crippen molar-refractivity contribution in [2.24, 2.45) is 0 Å². The standard InChI is InChI=1S/C10H13F3O5/c1-3-16-8(14)5-7(9(15)17-4-2)18-6-10(11,12)13/h5H,3-4,6H2,1-2H3/b7-5+. The summed E-state index contributed by atoms with van der Waals surface area (Å²) in [6.07, 6.45) is -4.10. The summed E-state index contributed by atoms with van der Waals surface area (Å²) in [4.78, 5) is 22.2. The first-order valence-corrected chi connectivity index (χ1v) is 5.05. The van der Waals surface area contributed by atoms with E-state index in [0.717, 1.165) is 0 Å². The molecule has 0 saturated carbocycles. The normalized spacial score (nSPS) is 11.9. The van der Waals surface area contributed by atoms with Crippen LogP contribution in [0.1, 0.15) is 13.8 Å². The lowest BCUT2D eigenvalue weighted by Crippen LogP contribution is -2.21. The third kappa shape index (κ3) is 7.53. The summed E-state index contributed by atoms with van der Waals surface area (Å²) in [5.74, 6) is -2.98. The van der Waals surface area contributed by atoms with Crippen molar-refractivity contribution in [2.75, 3.05) is 19.8 Å². The van der Waals surface area contributed by atoms with Gasteiger partial charge in [-0.25, -0.2) is 9.59 Å². The van der Waals surface area contributed by atoms with Crippen molar-refractivity contribution < 1.29 is 37.0 Å². The lowest BCUT2D eigenvalue weighted by atomic mass is 10.4. The molecule has 8 heteroatoms. The zero-order chi connectivity index (χ0) is 14.2. The quantitative estimate of drug-likeness (QED) is 0.416. The molecule has 0 amide bonds. The van der Waals surface area contributed by atoms with Crippen LogP contribution in [0.2, 0.25) is 0 Å². The Morgan fingerprint density at radius 3 is 2.06 bits per heavy atom. The highest BCUT2D eigenvalue weighted by Crippen LogP contribution is 2.17. The predicted molar refractivity (Wildman–Crippen MR) is 53.4 cm³/mol. The highest BCUT2D eigenvalue weighted by molar-refractivity contribution is 5.94. The van der Waals surface area contributed by atoms with Gasteiger partial charge in [-0.2, -0.15) is 13.2 Å². The van der Waals surface area contributed by atoms with Gasteiger partial charge in [0.05, 0.1) is 19.3 Å². The predicted octanol–water partition coefficient (Wildman–Crippen LogP) is 1.58. The fraction of sp³-hybridized carbons (Fsp3) is 0.600. The van der Waals surface area contributed by atoms with Gasteiger partial charge in [0.25, 0.3) is 0 Å². The average Bonchev–Trinajstić information content (AvgIpc) is 2.23. The van der Waals surface area contributed by atoms with Crippen molar-refractivity contribution in [1.29, 1.82) is 0 Å². The molecule has 0 fully saturated rings. The summed E-state index contributed by atoms with van der Waals surface area (Å²) in [6.45, 7) is 1.23. The van der Waals surface area contributed by atoms with Crippen LogP contribution in [0.3, 0.4) is 0 Å². The van der Waals surface area contributed by atoms with Crippen molar-refractivity contribution >= 4 is 11.9 Å². The van der Waals surface area contributed by atoms with Gasteiger partial charge in [-0.05, 0) is 13.8 Å². The Labute approximate surface area is 101 Å². The largest absolute Gasteiger partial charge is 0.477 e. The van der Waals surface area contributed by atoms with Crippen LogP contribution < -0.4 is 0 Å². The number of hydrogen-bond acceptors (Lipinski definition) is 5. The van der Waals surface area contributed by atoms with Crippen molar-refractivity contribution in [1.82, 2.24) is 0 Å². The third-order valence-corrected chi connectivity index (χ3v) is 1.40. The van der Waals surface area contributed by atoms with E-state index in [1.165, 1.54) is 13.8 Å². The van der Waals surface area contributed by atoms with Crippen LogP contribution in [0.4, 0.5) is 13.2 Å². The van der Waals surface area contributed by atoms with Gasteiger partial charge in [-0.15, -0.1) is 0 Å². The molecule has 5 nitrogen and oxygen atoms in total. The molecule has 0 bridgehead atoms. The Kier molecular flexibility index (Phi) is 6.84. The van der Waals surface area contributed by atoms with E-state index in [1.54, 1.807) is 0 Å². The molecule has 0 rings (SSSR count).